The number of nitro groups is 1. The number of hydrogen-bond donors (Lipinski definition) is 3. The number of carbonyl (C=O) groups excluding carboxylic acids is 1. The van der Waals surface area contributed by atoms with Crippen LogP contribution in [0.1, 0.15) is 5.56 Å². The third-order valence-corrected chi connectivity index (χ3v) is 3.33. The second-order valence-electron chi connectivity index (χ2n) is 4.76. The summed E-state index contributed by atoms with van der Waals surface area (Å²) in [5.41, 5.74) is 6.07. The molecule has 0 unspecified atom stereocenters. The minimum absolute atomic E-state index is 0.0485. The lowest BCUT2D eigenvalue weighted by Crippen LogP contribution is -2.43. The zero-order valence-electron chi connectivity index (χ0n) is 12.7. The van der Waals surface area contributed by atoms with Crippen LogP contribution in [-0.4, -0.2) is 15.9 Å². The van der Waals surface area contributed by atoms with E-state index in [4.69, 9.17) is 23.8 Å². The SMILES string of the molecule is O=C(/C=C/c1cccc([N+](=O)[O-])c1)NNC(=S)Nc1cccc(Cl)c1. The van der Waals surface area contributed by atoms with Crippen molar-refractivity contribution < 1.29 is 9.72 Å². The molecule has 128 valence electrons. The molecule has 7 nitrogen and oxygen atoms in total. The van der Waals surface area contributed by atoms with Crippen molar-refractivity contribution in [2.45, 2.75) is 0 Å². The Morgan fingerprint density at radius 1 is 1.16 bits per heavy atom. The maximum atomic E-state index is 11.7. The van der Waals surface area contributed by atoms with E-state index in [1.54, 1.807) is 30.3 Å². The van der Waals surface area contributed by atoms with E-state index in [9.17, 15) is 14.9 Å². The van der Waals surface area contributed by atoms with Crippen LogP contribution in [0.15, 0.2) is 54.6 Å². The number of hydrogen-bond acceptors (Lipinski definition) is 4. The van der Waals surface area contributed by atoms with Gasteiger partial charge in [0.15, 0.2) is 5.11 Å². The van der Waals surface area contributed by atoms with Gasteiger partial charge in [0.05, 0.1) is 4.92 Å². The number of halogens is 1. The molecule has 2 aromatic carbocycles. The van der Waals surface area contributed by atoms with Crippen molar-refractivity contribution in [3.8, 4) is 0 Å². The molecule has 0 bridgehead atoms. The Morgan fingerprint density at radius 2 is 1.92 bits per heavy atom. The highest BCUT2D eigenvalue weighted by Gasteiger charge is 2.04. The second kappa shape index (κ2) is 8.76. The molecule has 0 saturated carbocycles. The summed E-state index contributed by atoms with van der Waals surface area (Å²) in [6.07, 6.45) is 2.69. The van der Waals surface area contributed by atoms with Gasteiger partial charge in [0.2, 0.25) is 0 Å². The Hall–Kier alpha value is -2.97. The van der Waals surface area contributed by atoms with Crippen LogP contribution in [0, 0.1) is 10.1 Å². The zero-order chi connectivity index (χ0) is 18.2. The number of non-ortho nitro benzene ring substituents is 1. The molecule has 0 fully saturated rings. The molecule has 0 aliphatic carbocycles. The van der Waals surface area contributed by atoms with Crippen LogP contribution in [-0.2, 0) is 4.79 Å². The van der Waals surface area contributed by atoms with Crippen LogP contribution in [0.2, 0.25) is 5.02 Å². The molecule has 25 heavy (non-hydrogen) atoms. The molecular weight excluding hydrogens is 364 g/mol. The molecule has 0 aromatic heterocycles. The first-order valence-electron chi connectivity index (χ1n) is 6.99. The highest BCUT2D eigenvalue weighted by Crippen LogP contribution is 2.15. The van der Waals surface area contributed by atoms with Crippen molar-refractivity contribution in [1.82, 2.24) is 10.9 Å². The van der Waals surface area contributed by atoms with Gasteiger partial charge in [0.1, 0.15) is 0 Å². The molecule has 0 aliphatic heterocycles. The van der Waals surface area contributed by atoms with Crippen molar-refractivity contribution in [2.75, 3.05) is 5.32 Å². The fourth-order valence-electron chi connectivity index (χ4n) is 1.80. The van der Waals surface area contributed by atoms with Gasteiger partial charge in [-0.15, -0.1) is 0 Å². The monoisotopic (exact) mass is 376 g/mol. The lowest BCUT2D eigenvalue weighted by Gasteiger charge is -2.10. The lowest BCUT2D eigenvalue weighted by atomic mass is 10.2. The third-order valence-electron chi connectivity index (χ3n) is 2.89. The van der Waals surface area contributed by atoms with Crippen molar-refractivity contribution in [2.24, 2.45) is 0 Å². The van der Waals surface area contributed by atoms with E-state index in [2.05, 4.69) is 16.2 Å². The molecule has 0 spiro atoms. The van der Waals surface area contributed by atoms with Crippen molar-refractivity contribution in [1.29, 1.82) is 0 Å². The van der Waals surface area contributed by atoms with Crippen LogP contribution in [0.3, 0.4) is 0 Å². The minimum atomic E-state index is -0.501. The number of rotatable bonds is 4. The number of nitrogens with one attached hydrogen (secondary N) is 3. The maximum Gasteiger partial charge on any atom is 0.270 e. The highest BCUT2D eigenvalue weighted by atomic mass is 35.5. The van der Waals surface area contributed by atoms with Crippen LogP contribution in [0.4, 0.5) is 11.4 Å². The van der Waals surface area contributed by atoms with Crippen molar-refractivity contribution in [3.05, 3.63) is 75.3 Å². The predicted octanol–water partition coefficient (Wildman–Crippen LogP) is 3.28. The number of amides is 1. The first-order chi connectivity index (χ1) is 11.9. The van der Waals surface area contributed by atoms with E-state index in [0.717, 1.165) is 0 Å². The van der Waals surface area contributed by atoms with E-state index >= 15 is 0 Å². The Kier molecular flexibility index (Phi) is 6.44. The Balaban J connectivity index is 1.84. The molecular formula is C16H13ClN4O3S. The highest BCUT2D eigenvalue weighted by molar-refractivity contribution is 7.80. The summed E-state index contributed by atoms with van der Waals surface area (Å²) in [4.78, 5) is 21.9. The van der Waals surface area contributed by atoms with Crippen molar-refractivity contribution >= 4 is 52.3 Å². The molecule has 0 atom stereocenters. The predicted molar refractivity (Wildman–Crippen MR) is 101 cm³/mol. The topological polar surface area (TPSA) is 96.3 Å². The van der Waals surface area contributed by atoms with E-state index in [-0.39, 0.29) is 10.8 Å². The van der Waals surface area contributed by atoms with Gasteiger partial charge >= 0.3 is 0 Å². The Bertz CT molecular complexity index is 842. The number of hydrazine groups is 1. The summed E-state index contributed by atoms with van der Waals surface area (Å²) >= 11 is 10.9. The smallest absolute Gasteiger partial charge is 0.270 e. The molecule has 1 amide bonds. The largest absolute Gasteiger partial charge is 0.331 e. The van der Waals surface area contributed by atoms with Gasteiger partial charge in [-0.05, 0) is 42.1 Å². The number of nitro benzene ring substituents is 1. The average molecular weight is 377 g/mol. The van der Waals surface area contributed by atoms with E-state index < -0.39 is 10.8 Å². The van der Waals surface area contributed by atoms with E-state index in [1.807, 2.05) is 0 Å². The van der Waals surface area contributed by atoms with Crippen LogP contribution in [0.5, 0.6) is 0 Å². The molecule has 3 N–H and O–H groups in total. The molecule has 2 aromatic rings. The normalized spacial score (nSPS) is 10.3. The molecule has 0 aliphatic rings. The lowest BCUT2D eigenvalue weighted by molar-refractivity contribution is -0.384. The van der Waals surface area contributed by atoms with Crippen LogP contribution < -0.4 is 16.2 Å². The standard InChI is InChI=1S/C16H13ClN4O3S/c17-12-4-2-5-13(10-12)18-16(25)20-19-15(22)8-7-11-3-1-6-14(9-11)21(23)24/h1-10H,(H,19,22)(H2,18,20,25)/b8-7+. The third kappa shape index (κ3) is 6.21. The Morgan fingerprint density at radius 3 is 2.64 bits per heavy atom. The van der Waals surface area contributed by atoms with Crippen LogP contribution in [0.25, 0.3) is 6.08 Å². The van der Waals surface area contributed by atoms with Gasteiger partial charge in [0.25, 0.3) is 11.6 Å². The number of benzene rings is 2. The molecule has 9 heteroatoms. The number of anilines is 1. The summed E-state index contributed by atoms with van der Waals surface area (Å²) in [6.45, 7) is 0. The van der Waals surface area contributed by atoms with Crippen LogP contribution >= 0.6 is 23.8 Å². The number of nitrogens with zero attached hydrogens (tertiary/aromatic N) is 1. The summed E-state index contributed by atoms with van der Waals surface area (Å²) in [5.74, 6) is -0.471. The average Bonchev–Trinajstić information content (AvgIpc) is 2.58. The fourth-order valence-corrected chi connectivity index (χ4v) is 2.16. The van der Waals surface area contributed by atoms with E-state index in [0.29, 0.717) is 16.3 Å². The van der Waals surface area contributed by atoms with Gasteiger partial charge in [-0.25, -0.2) is 0 Å². The minimum Gasteiger partial charge on any atom is -0.331 e. The fraction of sp³-hybridized carbons (Fsp3) is 0. The number of carbonyl (C=O) groups is 1. The molecule has 0 saturated heterocycles. The van der Waals surface area contributed by atoms with E-state index in [1.165, 1.54) is 30.4 Å². The summed E-state index contributed by atoms with van der Waals surface area (Å²) in [5, 5.41) is 14.3. The first-order valence-corrected chi connectivity index (χ1v) is 7.78. The first kappa shape index (κ1) is 18.4. The zero-order valence-corrected chi connectivity index (χ0v) is 14.3. The number of thiocarbonyl (C=S) groups is 1. The van der Waals surface area contributed by atoms with Gasteiger partial charge < -0.3 is 5.32 Å². The molecule has 2 rings (SSSR count). The summed E-state index contributed by atoms with van der Waals surface area (Å²) in [7, 11) is 0. The molecule has 0 heterocycles. The van der Waals surface area contributed by atoms with Gasteiger partial charge in [-0.2, -0.15) is 0 Å². The summed E-state index contributed by atoms with van der Waals surface area (Å²) in [6, 6.07) is 12.9. The van der Waals surface area contributed by atoms with Gasteiger partial charge in [0, 0.05) is 28.9 Å². The molecule has 0 radical (unpaired) electrons. The van der Waals surface area contributed by atoms with Crippen molar-refractivity contribution in [3.63, 3.8) is 0 Å². The summed E-state index contributed by atoms with van der Waals surface area (Å²) < 4.78 is 0. The Labute approximate surface area is 153 Å². The quantitative estimate of drug-likeness (QED) is 0.328. The van der Waals surface area contributed by atoms with Gasteiger partial charge in [-0.1, -0.05) is 29.8 Å². The second-order valence-corrected chi connectivity index (χ2v) is 5.61. The van der Waals surface area contributed by atoms with Gasteiger partial charge in [-0.3, -0.25) is 25.8 Å². The maximum absolute atomic E-state index is 11.7.